The zero-order valence-corrected chi connectivity index (χ0v) is 14.9. The van der Waals surface area contributed by atoms with Crippen LogP contribution in [-0.4, -0.2) is 56.9 Å². The van der Waals surface area contributed by atoms with E-state index in [-0.39, 0.29) is 23.2 Å². The fourth-order valence-electron chi connectivity index (χ4n) is 2.40. The number of aromatic nitrogens is 1. The molecule has 0 spiro atoms. The van der Waals surface area contributed by atoms with E-state index in [1.165, 1.54) is 12.3 Å². The zero-order valence-electron chi connectivity index (χ0n) is 13.3. The first-order chi connectivity index (χ1) is 10.5. The predicted molar refractivity (Wildman–Crippen MR) is 91.5 cm³/mol. The molecule has 9 heteroatoms. The normalized spacial score (nSPS) is 14.7. The number of rotatable bonds is 8. The van der Waals surface area contributed by atoms with Gasteiger partial charge in [-0.1, -0.05) is 6.92 Å². The van der Waals surface area contributed by atoms with Crippen LogP contribution < -0.4 is 10.0 Å². The third-order valence-corrected chi connectivity index (χ3v) is 5.05. The highest BCUT2D eigenvalue weighted by molar-refractivity contribution is 7.89. The Morgan fingerprint density at radius 2 is 1.96 bits per heavy atom. The number of aromatic amines is 1. The van der Waals surface area contributed by atoms with E-state index in [1.807, 2.05) is 0 Å². The molecule has 7 nitrogen and oxygen atoms in total. The summed E-state index contributed by atoms with van der Waals surface area (Å²) in [5, 5.41) is 3.12. The summed E-state index contributed by atoms with van der Waals surface area (Å²) in [6, 6.07) is 1.41. The number of halogens is 1. The van der Waals surface area contributed by atoms with E-state index >= 15 is 0 Å². The molecule has 1 aliphatic heterocycles. The number of nitrogens with zero attached hydrogens (tertiary/aromatic N) is 1. The van der Waals surface area contributed by atoms with Crippen LogP contribution >= 0.6 is 12.4 Å². The van der Waals surface area contributed by atoms with Crippen LogP contribution in [-0.2, 0) is 10.0 Å². The molecule has 132 valence electrons. The Morgan fingerprint density at radius 3 is 2.61 bits per heavy atom. The average Bonchev–Trinajstić information content (AvgIpc) is 3.18. The van der Waals surface area contributed by atoms with E-state index in [9.17, 15) is 13.2 Å². The lowest BCUT2D eigenvalue weighted by atomic mass is 10.4. The third kappa shape index (κ3) is 5.49. The van der Waals surface area contributed by atoms with Crippen LogP contribution in [0, 0.1) is 0 Å². The monoisotopic (exact) mass is 364 g/mol. The SMILES string of the molecule is CCCNCCNS(=O)(=O)c1c[nH]c(C(=O)N2CCCC2)c1.Cl. The second-order valence-electron chi connectivity index (χ2n) is 5.40. The summed E-state index contributed by atoms with van der Waals surface area (Å²) in [7, 11) is -3.58. The second-order valence-corrected chi connectivity index (χ2v) is 7.16. The Hall–Kier alpha value is -1.09. The number of hydrogen-bond donors (Lipinski definition) is 3. The maximum Gasteiger partial charge on any atom is 0.270 e. The molecule has 0 radical (unpaired) electrons. The van der Waals surface area contributed by atoms with Gasteiger partial charge in [0.05, 0.1) is 0 Å². The van der Waals surface area contributed by atoms with Crippen LogP contribution in [0.15, 0.2) is 17.2 Å². The van der Waals surface area contributed by atoms with Crippen LogP contribution in [0.4, 0.5) is 0 Å². The first kappa shape index (κ1) is 20.0. The highest BCUT2D eigenvalue weighted by atomic mass is 35.5. The summed E-state index contributed by atoms with van der Waals surface area (Å²) in [5.41, 5.74) is 0.325. The maximum atomic E-state index is 12.2. The third-order valence-electron chi connectivity index (χ3n) is 3.61. The Balaban J connectivity index is 0.00000264. The molecule has 1 saturated heterocycles. The fourth-order valence-corrected chi connectivity index (χ4v) is 3.43. The Bertz CT molecular complexity index is 597. The lowest BCUT2D eigenvalue weighted by molar-refractivity contribution is 0.0787. The number of nitrogens with one attached hydrogen (secondary N) is 3. The lowest BCUT2D eigenvalue weighted by Crippen LogP contribution is -2.32. The van der Waals surface area contributed by atoms with Gasteiger partial charge in [-0.3, -0.25) is 4.79 Å². The van der Waals surface area contributed by atoms with Gasteiger partial charge in [-0.15, -0.1) is 12.4 Å². The molecule has 2 heterocycles. The minimum atomic E-state index is -3.58. The first-order valence-electron chi connectivity index (χ1n) is 7.72. The lowest BCUT2D eigenvalue weighted by Gasteiger charge is -2.13. The topological polar surface area (TPSA) is 94.3 Å². The second kappa shape index (κ2) is 9.27. The Labute approximate surface area is 143 Å². The van der Waals surface area contributed by atoms with E-state index in [4.69, 9.17) is 0 Å². The summed E-state index contributed by atoms with van der Waals surface area (Å²) in [5.74, 6) is -0.136. The van der Waals surface area contributed by atoms with E-state index in [0.717, 1.165) is 38.9 Å². The average molecular weight is 365 g/mol. The molecule has 0 aliphatic carbocycles. The molecule has 2 rings (SSSR count). The molecule has 1 aromatic rings. The van der Waals surface area contributed by atoms with Crippen molar-refractivity contribution in [1.82, 2.24) is 19.9 Å². The molecule has 1 fully saturated rings. The van der Waals surface area contributed by atoms with Crippen LogP contribution in [0.2, 0.25) is 0 Å². The van der Waals surface area contributed by atoms with Crippen molar-refractivity contribution in [3.8, 4) is 0 Å². The van der Waals surface area contributed by atoms with Crippen molar-refractivity contribution in [2.75, 3.05) is 32.7 Å². The van der Waals surface area contributed by atoms with Crippen molar-refractivity contribution in [2.24, 2.45) is 0 Å². The number of H-pyrrole nitrogens is 1. The van der Waals surface area contributed by atoms with Crippen molar-refractivity contribution < 1.29 is 13.2 Å². The van der Waals surface area contributed by atoms with Crippen LogP contribution in [0.25, 0.3) is 0 Å². The molecular formula is C14H25ClN4O3S. The van der Waals surface area contributed by atoms with Crippen LogP contribution in [0.3, 0.4) is 0 Å². The van der Waals surface area contributed by atoms with Gasteiger partial charge in [0.2, 0.25) is 10.0 Å². The molecular weight excluding hydrogens is 340 g/mol. The zero-order chi connectivity index (χ0) is 16.0. The minimum absolute atomic E-state index is 0. The van der Waals surface area contributed by atoms with E-state index < -0.39 is 10.0 Å². The van der Waals surface area contributed by atoms with Crippen molar-refractivity contribution >= 4 is 28.3 Å². The summed E-state index contributed by atoms with van der Waals surface area (Å²) in [4.78, 5) is 16.8. The number of hydrogen-bond acceptors (Lipinski definition) is 4. The molecule has 1 amide bonds. The van der Waals surface area contributed by atoms with Crippen molar-refractivity contribution in [2.45, 2.75) is 31.1 Å². The molecule has 1 aliphatic rings. The van der Waals surface area contributed by atoms with Crippen molar-refractivity contribution in [1.29, 1.82) is 0 Å². The largest absolute Gasteiger partial charge is 0.356 e. The van der Waals surface area contributed by atoms with Crippen molar-refractivity contribution in [3.63, 3.8) is 0 Å². The molecule has 0 aromatic carbocycles. The number of likely N-dealkylation sites (tertiary alicyclic amines) is 1. The predicted octanol–water partition coefficient (Wildman–Crippen LogP) is 0.950. The van der Waals surface area contributed by atoms with E-state index in [2.05, 4.69) is 21.9 Å². The summed E-state index contributed by atoms with van der Waals surface area (Å²) in [6.07, 6.45) is 4.38. The van der Waals surface area contributed by atoms with Crippen LogP contribution in [0.5, 0.6) is 0 Å². The molecule has 0 unspecified atom stereocenters. The molecule has 3 N–H and O–H groups in total. The standard InChI is InChI=1S/C14H24N4O3S.ClH/c1-2-5-15-6-7-17-22(20,21)12-10-13(16-11-12)14(19)18-8-3-4-9-18;/h10-11,15-17H,2-9H2,1H3;1H. The number of carbonyl (C=O) groups is 1. The fraction of sp³-hybridized carbons (Fsp3) is 0.643. The first-order valence-corrected chi connectivity index (χ1v) is 9.21. The van der Waals surface area contributed by atoms with Gasteiger partial charge in [-0.2, -0.15) is 0 Å². The minimum Gasteiger partial charge on any atom is -0.356 e. The highest BCUT2D eigenvalue weighted by Crippen LogP contribution is 2.15. The molecule has 1 aromatic heterocycles. The van der Waals surface area contributed by atoms with Gasteiger partial charge in [0.1, 0.15) is 10.6 Å². The van der Waals surface area contributed by atoms with Gasteiger partial charge >= 0.3 is 0 Å². The molecule has 0 atom stereocenters. The maximum absolute atomic E-state index is 12.2. The Morgan fingerprint density at radius 1 is 1.26 bits per heavy atom. The number of amides is 1. The van der Waals surface area contributed by atoms with Crippen LogP contribution in [0.1, 0.15) is 36.7 Å². The van der Waals surface area contributed by atoms with Gasteiger partial charge in [0.25, 0.3) is 5.91 Å². The molecule has 0 saturated carbocycles. The van der Waals surface area contributed by atoms with Gasteiger partial charge in [0.15, 0.2) is 0 Å². The van der Waals surface area contributed by atoms with Crippen molar-refractivity contribution in [3.05, 3.63) is 18.0 Å². The quantitative estimate of drug-likeness (QED) is 0.598. The molecule has 0 bridgehead atoms. The summed E-state index contributed by atoms with van der Waals surface area (Å²) in [6.45, 7) is 5.29. The van der Waals surface area contributed by atoms with Gasteiger partial charge in [-0.05, 0) is 31.9 Å². The van der Waals surface area contributed by atoms with Gasteiger partial charge in [0, 0.05) is 32.4 Å². The van der Waals surface area contributed by atoms with Gasteiger partial charge in [-0.25, -0.2) is 13.1 Å². The molecule has 23 heavy (non-hydrogen) atoms. The Kier molecular flexibility index (Phi) is 8.04. The summed E-state index contributed by atoms with van der Waals surface area (Å²) >= 11 is 0. The summed E-state index contributed by atoms with van der Waals surface area (Å²) < 4.78 is 26.8. The van der Waals surface area contributed by atoms with Gasteiger partial charge < -0.3 is 15.2 Å². The smallest absolute Gasteiger partial charge is 0.270 e. The highest BCUT2D eigenvalue weighted by Gasteiger charge is 2.23. The van der Waals surface area contributed by atoms with E-state index in [0.29, 0.717) is 18.8 Å². The number of sulfonamides is 1. The number of carbonyl (C=O) groups excluding carboxylic acids is 1. The van der Waals surface area contributed by atoms with E-state index in [1.54, 1.807) is 4.90 Å².